The van der Waals surface area contributed by atoms with Gasteiger partial charge < -0.3 is 14.5 Å². The van der Waals surface area contributed by atoms with Crippen LogP contribution in [0, 0.1) is 0 Å². The zero-order valence-corrected chi connectivity index (χ0v) is 18.0. The van der Waals surface area contributed by atoms with Gasteiger partial charge in [0.2, 0.25) is 0 Å². The Morgan fingerprint density at radius 2 is 2.03 bits per heavy atom. The second-order valence-corrected chi connectivity index (χ2v) is 7.84. The lowest BCUT2D eigenvalue weighted by atomic mass is 10.2. The highest BCUT2D eigenvalue weighted by molar-refractivity contribution is 9.10. The molecule has 0 fully saturated rings. The number of ether oxygens (including phenoxy) is 1. The molecular formula is C20H14BrN3O5S. The molecule has 8 nitrogen and oxygen atoms in total. The highest BCUT2D eigenvalue weighted by atomic mass is 79.9. The van der Waals surface area contributed by atoms with Crippen LogP contribution in [0.1, 0.15) is 28.0 Å². The van der Waals surface area contributed by atoms with Gasteiger partial charge >= 0.3 is 5.97 Å². The van der Waals surface area contributed by atoms with Gasteiger partial charge in [0.1, 0.15) is 5.00 Å². The first-order valence-electron chi connectivity index (χ1n) is 8.82. The van der Waals surface area contributed by atoms with E-state index in [1.165, 1.54) is 12.3 Å². The molecule has 0 unspecified atom stereocenters. The van der Waals surface area contributed by atoms with Crippen molar-refractivity contribution in [1.29, 1.82) is 0 Å². The first-order valence-corrected chi connectivity index (χ1v) is 10.5. The standard InChI is InChI=1S/C20H14BrN3O5S/c1-2-28-20(27)16-13-10-30-18(22-17(25)14-4-3-9-29-14)15(13)19(26)24(23-16)12-7-5-11(21)6-8-12/h3-10H,2H2,1H3,(H,22,25). The number of anilines is 1. The molecule has 0 radical (unpaired) electrons. The minimum Gasteiger partial charge on any atom is -0.461 e. The Labute approximate surface area is 182 Å². The van der Waals surface area contributed by atoms with Crippen LogP contribution in [0.4, 0.5) is 5.00 Å². The van der Waals surface area contributed by atoms with Gasteiger partial charge in [0.25, 0.3) is 11.5 Å². The van der Waals surface area contributed by atoms with Gasteiger partial charge in [0.15, 0.2) is 11.5 Å². The van der Waals surface area contributed by atoms with E-state index in [9.17, 15) is 14.4 Å². The minimum absolute atomic E-state index is 0.0101. The average Bonchev–Trinajstić information content (AvgIpc) is 3.40. The SMILES string of the molecule is CCOC(=O)c1nn(-c2ccc(Br)cc2)c(=O)c2c(NC(=O)c3ccco3)scc12. The molecule has 0 aliphatic rings. The maximum absolute atomic E-state index is 13.3. The number of benzene rings is 1. The lowest BCUT2D eigenvalue weighted by molar-refractivity contribution is 0.0520. The lowest BCUT2D eigenvalue weighted by Gasteiger charge is -2.10. The predicted molar refractivity (Wildman–Crippen MR) is 116 cm³/mol. The van der Waals surface area contributed by atoms with Crippen LogP contribution >= 0.6 is 27.3 Å². The summed E-state index contributed by atoms with van der Waals surface area (Å²) in [4.78, 5) is 38.2. The van der Waals surface area contributed by atoms with Gasteiger partial charge in [-0.1, -0.05) is 15.9 Å². The molecule has 0 saturated heterocycles. The monoisotopic (exact) mass is 487 g/mol. The molecule has 0 spiro atoms. The number of hydrogen-bond donors (Lipinski definition) is 1. The molecule has 10 heteroatoms. The minimum atomic E-state index is -0.657. The van der Waals surface area contributed by atoms with E-state index in [1.807, 2.05) is 0 Å². The third-order valence-corrected chi connectivity index (χ3v) is 5.59. The number of carbonyl (C=O) groups is 2. The van der Waals surface area contributed by atoms with Gasteiger partial charge in [0, 0.05) is 15.2 Å². The maximum atomic E-state index is 13.3. The molecule has 30 heavy (non-hydrogen) atoms. The first kappa shape index (κ1) is 20.0. The topological polar surface area (TPSA) is 103 Å². The third kappa shape index (κ3) is 3.66. The molecule has 0 atom stereocenters. The number of esters is 1. The van der Waals surface area contributed by atoms with Crippen LogP contribution in [-0.2, 0) is 4.74 Å². The van der Waals surface area contributed by atoms with Crippen molar-refractivity contribution in [3.8, 4) is 5.69 Å². The number of nitrogens with zero attached hydrogens (tertiary/aromatic N) is 2. The number of halogens is 1. The normalized spacial score (nSPS) is 10.9. The molecule has 0 aliphatic heterocycles. The second-order valence-electron chi connectivity index (χ2n) is 6.05. The Kier molecular flexibility index (Phi) is 5.51. The fourth-order valence-electron chi connectivity index (χ4n) is 2.82. The van der Waals surface area contributed by atoms with Crippen molar-refractivity contribution < 1.29 is 18.7 Å². The van der Waals surface area contributed by atoms with E-state index >= 15 is 0 Å². The first-order chi connectivity index (χ1) is 14.5. The average molecular weight is 488 g/mol. The van der Waals surface area contributed by atoms with Crippen molar-refractivity contribution in [3.05, 3.63) is 74.3 Å². The zero-order valence-electron chi connectivity index (χ0n) is 15.5. The van der Waals surface area contributed by atoms with Crippen LogP contribution in [0.15, 0.2) is 61.7 Å². The van der Waals surface area contributed by atoms with E-state index < -0.39 is 17.4 Å². The van der Waals surface area contributed by atoms with Crippen LogP contribution < -0.4 is 10.9 Å². The number of nitrogens with one attached hydrogen (secondary N) is 1. The van der Waals surface area contributed by atoms with Crippen molar-refractivity contribution in [2.45, 2.75) is 6.92 Å². The van der Waals surface area contributed by atoms with Crippen LogP contribution in [0.2, 0.25) is 0 Å². The second kappa shape index (κ2) is 8.25. The number of thiophene rings is 1. The van der Waals surface area contributed by atoms with Gasteiger partial charge in [-0.25, -0.2) is 4.79 Å². The summed E-state index contributed by atoms with van der Waals surface area (Å²) in [5.41, 5.74) is -0.0226. The Morgan fingerprint density at radius 1 is 1.27 bits per heavy atom. The number of aromatic nitrogens is 2. The summed E-state index contributed by atoms with van der Waals surface area (Å²) in [7, 11) is 0. The Morgan fingerprint density at radius 3 is 2.70 bits per heavy atom. The number of fused-ring (bicyclic) bond motifs is 1. The molecule has 0 bridgehead atoms. The zero-order chi connectivity index (χ0) is 21.3. The Balaban J connectivity index is 1.91. The van der Waals surface area contributed by atoms with Crippen LogP contribution in [0.25, 0.3) is 16.5 Å². The molecule has 152 valence electrons. The van der Waals surface area contributed by atoms with E-state index in [-0.39, 0.29) is 28.4 Å². The van der Waals surface area contributed by atoms with Crippen molar-refractivity contribution in [1.82, 2.24) is 9.78 Å². The third-order valence-electron chi connectivity index (χ3n) is 4.16. The van der Waals surface area contributed by atoms with Crippen molar-refractivity contribution >= 4 is 54.9 Å². The largest absolute Gasteiger partial charge is 0.461 e. The van der Waals surface area contributed by atoms with E-state index in [4.69, 9.17) is 9.15 Å². The summed E-state index contributed by atoms with van der Waals surface area (Å²) in [5, 5.41) is 9.29. The van der Waals surface area contributed by atoms with Gasteiger partial charge in [-0.05, 0) is 43.3 Å². The number of amides is 1. The molecule has 3 heterocycles. The Bertz CT molecular complexity index is 1290. The molecule has 0 aliphatic carbocycles. The van der Waals surface area contributed by atoms with Crippen LogP contribution in [-0.4, -0.2) is 28.3 Å². The van der Waals surface area contributed by atoms with Gasteiger partial charge in [-0.3, -0.25) is 9.59 Å². The fraction of sp³-hybridized carbons (Fsp3) is 0.100. The summed E-state index contributed by atoms with van der Waals surface area (Å²) < 4.78 is 12.2. The highest BCUT2D eigenvalue weighted by Gasteiger charge is 2.23. The fourth-order valence-corrected chi connectivity index (χ4v) is 4.02. The van der Waals surface area contributed by atoms with Gasteiger partial charge in [-0.2, -0.15) is 9.78 Å². The van der Waals surface area contributed by atoms with E-state index in [0.29, 0.717) is 11.1 Å². The maximum Gasteiger partial charge on any atom is 0.359 e. The molecule has 1 aromatic carbocycles. The van der Waals surface area contributed by atoms with E-state index in [0.717, 1.165) is 20.5 Å². The molecule has 3 aromatic heterocycles. The number of furan rings is 1. The molecule has 1 N–H and O–H groups in total. The van der Waals surface area contributed by atoms with Crippen molar-refractivity contribution in [2.75, 3.05) is 11.9 Å². The molecule has 4 aromatic rings. The van der Waals surface area contributed by atoms with Crippen LogP contribution in [0.3, 0.4) is 0 Å². The molecule has 1 amide bonds. The quantitative estimate of drug-likeness (QED) is 0.422. The summed E-state index contributed by atoms with van der Waals surface area (Å²) >= 11 is 4.47. The summed E-state index contributed by atoms with van der Waals surface area (Å²) in [6, 6.07) is 9.98. The van der Waals surface area contributed by atoms with Crippen molar-refractivity contribution in [3.63, 3.8) is 0 Å². The number of hydrogen-bond acceptors (Lipinski definition) is 7. The van der Waals surface area contributed by atoms with E-state index in [1.54, 1.807) is 42.6 Å². The predicted octanol–water partition coefficient (Wildman–Crippen LogP) is 4.23. The van der Waals surface area contributed by atoms with Gasteiger partial charge in [-0.15, -0.1) is 11.3 Å². The smallest absolute Gasteiger partial charge is 0.359 e. The summed E-state index contributed by atoms with van der Waals surface area (Å²) in [5.74, 6) is -1.06. The summed E-state index contributed by atoms with van der Waals surface area (Å²) in [6.07, 6.45) is 1.38. The summed E-state index contributed by atoms with van der Waals surface area (Å²) in [6.45, 7) is 1.84. The molecular weight excluding hydrogens is 474 g/mol. The molecule has 0 saturated carbocycles. The van der Waals surface area contributed by atoms with Gasteiger partial charge in [0.05, 0.1) is 23.9 Å². The highest BCUT2D eigenvalue weighted by Crippen LogP contribution is 2.31. The Hall–Kier alpha value is -3.24. The lowest BCUT2D eigenvalue weighted by Crippen LogP contribution is -2.25. The number of rotatable bonds is 5. The van der Waals surface area contributed by atoms with E-state index in [2.05, 4.69) is 26.3 Å². The van der Waals surface area contributed by atoms with Crippen LogP contribution in [0.5, 0.6) is 0 Å². The molecule has 4 rings (SSSR count). The van der Waals surface area contributed by atoms with Crippen molar-refractivity contribution in [2.24, 2.45) is 0 Å². The number of carbonyl (C=O) groups excluding carboxylic acids is 2.